The largest absolute Gasteiger partial charge is 0.505 e. The number of ether oxygens (including phenoxy) is 2. The van der Waals surface area contributed by atoms with Gasteiger partial charge in [0.2, 0.25) is 11.7 Å². The summed E-state index contributed by atoms with van der Waals surface area (Å²) in [6.45, 7) is 4.80. The van der Waals surface area contributed by atoms with Gasteiger partial charge in [-0.15, -0.1) is 5.10 Å². The molecule has 0 radical (unpaired) electrons. The number of anilines is 1. The van der Waals surface area contributed by atoms with Crippen LogP contribution in [-0.4, -0.2) is 92.0 Å². The molecule has 3 aromatic rings. The molecule has 252 valence electrons. The predicted octanol–water partition coefficient (Wildman–Crippen LogP) is 1.86. The predicted molar refractivity (Wildman–Crippen MR) is 173 cm³/mol. The van der Waals surface area contributed by atoms with Crippen molar-refractivity contribution in [2.45, 2.75) is 64.3 Å². The minimum absolute atomic E-state index is 0.00936. The third-order valence-electron chi connectivity index (χ3n) is 11.8. The fraction of sp³-hybridized carbons (Fsp3) is 0.588. The number of nitrogens with zero attached hydrogens (tertiary/aromatic N) is 7. The summed E-state index contributed by atoms with van der Waals surface area (Å²) in [4.78, 5) is 54.3. The maximum Gasteiger partial charge on any atom is 0.299 e. The second kappa shape index (κ2) is 10.5. The second-order valence-electron chi connectivity index (χ2n) is 14.5. The lowest BCUT2D eigenvalue weighted by Gasteiger charge is -2.73. The number of piperazine rings is 1. The summed E-state index contributed by atoms with van der Waals surface area (Å²) in [7, 11) is 0. The first-order valence-corrected chi connectivity index (χ1v) is 17.2. The number of hydrogen-bond acceptors (Lipinski definition) is 10. The number of carbonyl (C=O) groups is 2. The highest BCUT2D eigenvalue weighted by molar-refractivity contribution is 5.95. The number of hydrogen-bond donors (Lipinski definition) is 2. The van der Waals surface area contributed by atoms with Gasteiger partial charge < -0.3 is 30.1 Å². The first-order chi connectivity index (χ1) is 23.2. The number of aromatic hydroxyl groups is 1. The smallest absolute Gasteiger partial charge is 0.299 e. The van der Waals surface area contributed by atoms with E-state index in [9.17, 15) is 19.5 Å². The van der Waals surface area contributed by atoms with E-state index in [0.717, 1.165) is 30.8 Å². The Bertz CT molecular complexity index is 1950. The highest BCUT2D eigenvalue weighted by atomic mass is 16.5. The lowest BCUT2D eigenvalue weighted by molar-refractivity contribution is -0.239. The van der Waals surface area contributed by atoms with Gasteiger partial charge in [-0.2, -0.15) is 9.50 Å². The number of fused-ring (bicyclic) bond motifs is 2. The molecule has 7 aliphatic rings. The Labute approximate surface area is 276 Å². The number of nitrogens with two attached hydrogens (primary N) is 1. The fourth-order valence-corrected chi connectivity index (χ4v) is 9.51. The van der Waals surface area contributed by atoms with E-state index in [1.54, 1.807) is 4.90 Å². The van der Waals surface area contributed by atoms with Gasteiger partial charge in [0.1, 0.15) is 17.5 Å². The second-order valence-corrected chi connectivity index (χ2v) is 14.5. The molecule has 2 bridgehead atoms. The highest BCUT2D eigenvalue weighted by Crippen LogP contribution is 2.82. The zero-order valence-corrected chi connectivity index (χ0v) is 27.1. The topological polar surface area (TPSA) is 170 Å². The molecule has 4 aliphatic carbocycles. The van der Waals surface area contributed by atoms with Crippen LogP contribution in [0.2, 0.25) is 0 Å². The van der Waals surface area contributed by atoms with Crippen molar-refractivity contribution in [3.8, 4) is 11.5 Å². The Hall–Kier alpha value is -4.46. The lowest BCUT2D eigenvalue weighted by Crippen LogP contribution is -2.68. The van der Waals surface area contributed by atoms with Crippen molar-refractivity contribution in [1.29, 1.82) is 0 Å². The average molecular weight is 657 g/mol. The molecule has 3 aromatic heterocycles. The van der Waals surface area contributed by atoms with E-state index >= 15 is 0 Å². The van der Waals surface area contributed by atoms with Crippen molar-refractivity contribution in [3.05, 3.63) is 45.4 Å². The Balaban J connectivity index is 1.10. The van der Waals surface area contributed by atoms with E-state index in [4.69, 9.17) is 25.3 Å². The maximum absolute atomic E-state index is 14.4. The van der Waals surface area contributed by atoms with E-state index in [1.165, 1.54) is 23.6 Å². The van der Waals surface area contributed by atoms with Crippen LogP contribution in [0.5, 0.6) is 11.5 Å². The molecular weight excluding hydrogens is 616 g/mol. The Kier molecular flexibility index (Phi) is 6.50. The highest BCUT2D eigenvalue weighted by Gasteiger charge is 2.75. The van der Waals surface area contributed by atoms with Crippen LogP contribution in [0.1, 0.15) is 79.1 Å². The van der Waals surface area contributed by atoms with Gasteiger partial charge >= 0.3 is 0 Å². The Morgan fingerprint density at radius 1 is 1.12 bits per heavy atom. The van der Waals surface area contributed by atoms with Gasteiger partial charge in [-0.05, 0) is 61.9 Å². The molecule has 0 aromatic carbocycles. The quantitative estimate of drug-likeness (QED) is 0.365. The van der Waals surface area contributed by atoms with E-state index in [0.29, 0.717) is 105 Å². The summed E-state index contributed by atoms with van der Waals surface area (Å²) in [5.41, 5.74) is 8.75. The molecule has 1 unspecified atom stereocenters. The summed E-state index contributed by atoms with van der Waals surface area (Å²) in [6, 6.07) is -0.656. The molecule has 14 heteroatoms. The van der Waals surface area contributed by atoms with Gasteiger partial charge in [-0.1, -0.05) is 13.0 Å². The van der Waals surface area contributed by atoms with Crippen LogP contribution in [0.3, 0.4) is 0 Å². The summed E-state index contributed by atoms with van der Waals surface area (Å²) in [6.07, 6.45) is 10.5. The average Bonchev–Trinajstić information content (AvgIpc) is 3.59. The van der Waals surface area contributed by atoms with Crippen LogP contribution in [0, 0.1) is 16.7 Å². The van der Waals surface area contributed by atoms with E-state index in [-0.39, 0.29) is 28.3 Å². The van der Waals surface area contributed by atoms with Gasteiger partial charge in [-0.25, -0.2) is 4.98 Å². The van der Waals surface area contributed by atoms with Crippen LogP contribution in [0.4, 0.5) is 5.69 Å². The van der Waals surface area contributed by atoms with Gasteiger partial charge in [0, 0.05) is 43.6 Å². The van der Waals surface area contributed by atoms with E-state index in [1.807, 2.05) is 22.5 Å². The van der Waals surface area contributed by atoms with Crippen molar-refractivity contribution < 1.29 is 24.2 Å². The number of pyridine rings is 1. The van der Waals surface area contributed by atoms with E-state index in [2.05, 4.69) is 4.98 Å². The molecule has 2 amide bonds. The number of amides is 2. The van der Waals surface area contributed by atoms with Gasteiger partial charge in [-0.3, -0.25) is 19.0 Å². The number of rotatable bonds is 8. The minimum Gasteiger partial charge on any atom is -0.505 e. The molecule has 3 N–H and O–H groups in total. The first-order valence-electron chi connectivity index (χ1n) is 17.2. The van der Waals surface area contributed by atoms with Gasteiger partial charge in [0.25, 0.3) is 11.5 Å². The maximum atomic E-state index is 14.4. The summed E-state index contributed by atoms with van der Waals surface area (Å²) in [5.74, 6) is 1.15. The van der Waals surface area contributed by atoms with Gasteiger partial charge in [0.15, 0.2) is 17.3 Å². The van der Waals surface area contributed by atoms with Crippen molar-refractivity contribution in [1.82, 2.24) is 29.0 Å². The van der Waals surface area contributed by atoms with E-state index < -0.39 is 11.9 Å². The van der Waals surface area contributed by atoms with Crippen LogP contribution in [-0.2, 0) is 22.4 Å². The van der Waals surface area contributed by atoms with Crippen molar-refractivity contribution in [3.63, 3.8) is 0 Å². The molecule has 10 rings (SSSR count). The number of carbonyl (C=O) groups excluding carboxylic acids is 2. The Morgan fingerprint density at radius 2 is 1.90 bits per heavy atom. The third-order valence-corrected chi connectivity index (χ3v) is 11.8. The molecular formula is C34H40N8O6. The SMILES string of the molecule is CCc1c(N2CCN(C(=O)c3ncc4c(c3O)CCO4)CC2)c(=O)n2nc(C3=CCOCC3)nc2n1C(C(N)=O)C12CC(C3CC3)(C1)C2. The molecule has 1 atom stereocenters. The molecule has 5 fully saturated rings. The fourth-order valence-electron chi connectivity index (χ4n) is 9.51. The van der Waals surface area contributed by atoms with Gasteiger partial charge in [0.05, 0.1) is 31.7 Å². The zero-order chi connectivity index (χ0) is 32.9. The van der Waals surface area contributed by atoms with Crippen molar-refractivity contribution in [2.24, 2.45) is 22.5 Å². The van der Waals surface area contributed by atoms with Crippen LogP contribution in [0.25, 0.3) is 11.4 Å². The molecule has 14 nitrogen and oxygen atoms in total. The molecule has 0 spiro atoms. The zero-order valence-electron chi connectivity index (χ0n) is 27.1. The van der Waals surface area contributed by atoms with Crippen molar-refractivity contribution >= 4 is 28.9 Å². The standard InChI is InChI=1S/C34H40N8O6/c1-2-22-25(39-8-10-40(11-9-39)30(45)24-26(43)21-7-14-48-23(21)15-36-24)31(46)42-32(37-29(38-42)19-5-12-47-13-6-19)41(22)27(28(35)44)34-16-33(17-34,18-34)20-3-4-20/h5,15,20,27,43H,2-4,6-14,16-18H2,1H3,(H2,35,44). The molecule has 48 heavy (non-hydrogen) atoms. The first kappa shape index (κ1) is 29.7. The van der Waals surface area contributed by atoms with Crippen LogP contribution >= 0.6 is 0 Å². The summed E-state index contributed by atoms with van der Waals surface area (Å²) in [5, 5.41) is 15.5. The monoisotopic (exact) mass is 656 g/mol. The summed E-state index contributed by atoms with van der Waals surface area (Å²) >= 11 is 0. The molecule has 3 aliphatic heterocycles. The normalized spacial score (nSPS) is 26.7. The molecule has 4 saturated carbocycles. The number of aromatic nitrogens is 5. The third kappa shape index (κ3) is 4.20. The molecule has 1 saturated heterocycles. The summed E-state index contributed by atoms with van der Waals surface area (Å²) < 4.78 is 14.3. The Morgan fingerprint density at radius 3 is 2.56 bits per heavy atom. The molecule has 6 heterocycles. The van der Waals surface area contributed by atoms with Crippen LogP contribution in [0.15, 0.2) is 17.1 Å². The number of primary amides is 1. The van der Waals surface area contributed by atoms with Crippen LogP contribution < -0.4 is 20.9 Å². The lowest BCUT2D eigenvalue weighted by atomic mass is 9.31. The minimum atomic E-state index is -0.656. The van der Waals surface area contributed by atoms with Crippen molar-refractivity contribution in [2.75, 3.05) is 50.9 Å².